The molecule has 10 heteroatoms. The normalized spacial score (nSPS) is 20.9. The van der Waals surface area contributed by atoms with Gasteiger partial charge in [0.15, 0.2) is 0 Å². The number of carbonyl (C=O) groups is 1. The molecule has 0 radical (unpaired) electrons. The van der Waals surface area contributed by atoms with Crippen molar-refractivity contribution in [1.29, 1.82) is 0 Å². The van der Waals surface area contributed by atoms with Crippen LogP contribution in [-0.4, -0.2) is 19.2 Å². The predicted octanol–water partition coefficient (Wildman–Crippen LogP) is 1.29. The average molecular weight is 334 g/mol. The van der Waals surface area contributed by atoms with Crippen molar-refractivity contribution >= 4 is 38.9 Å². The Morgan fingerprint density at radius 2 is 2.10 bits per heavy atom. The number of nitro benzene ring substituents is 1. The van der Waals surface area contributed by atoms with Crippen molar-refractivity contribution in [2.75, 3.05) is 5.73 Å². The number of nitrogens with zero attached hydrogens (tertiary/aromatic N) is 1. The molecule has 0 heterocycles. The molecule has 0 aromatic heterocycles. The fourth-order valence-corrected chi connectivity index (χ4v) is 3.46. The minimum absolute atomic E-state index is 0.122. The van der Waals surface area contributed by atoms with Crippen molar-refractivity contribution in [2.24, 2.45) is 11.8 Å². The van der Waals surface area contributed by atoms with Crippen LogP contribution in [0.3, 0.4) is 0 Å². The van der Waals surface area contributed by atoms with Gasteiger partial charge in [-0.25, -0.2) is 13.1 Å². The van der Waals surface area contributed by atoms with E-state index in [1.54, 1.807) is 0 Å². The highest BCUT2D eigenvalue weighted by molar-refractivity contribution is 7.90. The second-order valence-electron chi connectivity index (χ2n) is 4.89. The van der Waals surface area contributed by atoms with Gasteiger partial charge in [0.2, 0.25) is 5.91 Å². The quantitative estimate of drug-likeness (QED) is 0.484. The summed E-state index contributed by atoms with van der Waals surface area (Å²) < 4.78 is 26.1. The first kappa shape index (κ1) is 15.5. The first-order valence-electron chi connectivity index (χ1n) is 5.93. The number of carbonyl (C=O) groups excluding carboxylic acids is 1. The number of hydrogen-bond acceptors (Lipinski definition) is 6. The SMILES string of the molecule is C[C@H]1C[C@@H]1C(=O)NS(=O)(=O)c1cc([N+](=O)[O-])c(N)cc1Cl. The zero-order valence-corrected chi connectivity index (χ0v) is 12.4. The zero-order chi connectivity index (χ0) is 15.9. The van der Waals surface area contributed by atoms with Crippen LogP contribution in [0.25, 0.3) is 0 Å². The van der Waals surface area contributed by atoms with E-state index in [-0.39, 0.29) is 22.5 Å². The Labute approximate surface area is 125 Å². The smallest absolute Gasteiger partial charge is 0.293 e. The predicted molar refractivity (Wildman–Crippen MR) is 75.1 cm³/mol. The number of nitrogens with one attached hydrogen (secondary N) is 1. The van der Waals surface area contributed by atoms with Crippen molar-refractivity contribution in [3.05, 3.63) is 27.3 Å². The summed E-state index contributed by atoms with van der Waals surface area (Å²) in [4.78, 5) is 21.1. The molecular weight excluding hydrogens is 322 g/mol. The fraction of sp³-hybridized carbons (Fsp3) is 0.364. The Morgan fingerprint density at radius 3 is 2.57 bits per heavy atom. The molecule has 0 saturated heterocycles. The largest absolute Gasteiger partial charge is 0.393 e. The highest BCUT2D eigenvalue weighted by atomic mass is 35.5. The topological polar surface area (TPSA) is 132 Å². The summed E-state index contributed by atoms with van der Waals surface area (Å²) in [7, 11) is -4.28. The van der Waals surface area contributed by atoms with E-state index in [2.05, 4.69) is 0 Å². The highest BCUT2D eigenvalue weighted by Gasteiger charge is 2.41. The molecule has 2 atom stereocenters. The molecular formula is C11H12ClN3O5S. The highest BCUT2D eigenvalue weighted by Crippen LogP contribution is 2.38. The summed E-state index contributed by atoms with van der Waals surface area (Å²) in [5.41, 5.74) is 4.55. The Bertz CT molecular complexity index is 734. The van der Waals surface area contributed by atoms with E-state index in [0.29, 0.717) is 6.42 Å². The third kappa shape index (κ3) is 3.08. The molecule has 0 bridgehead atoms. The zero-order valence-electron chi connectivity index (χ0n) is 10.9. The number of nitrogen functional groups attached to an aromatic ring is 1. The summed E-state index contributed by atoms with van der Waals surface area (Å²) in [5.74, 6) is -0.878. The van der Waals surface area contributed by atoms with E-state index in [1.807, 2.05) is 11.6 Å². The first-order valence-corrected chi connectivity index (χ1v) is 7.79. The van der Waals surface area contributed by atoms with Gasteiger partial charge in [0, 0.05) is 12.0 Å². The standard InChI is InChI=1S/C11H12ClN3O5S/c1-5-2-6(5)11(16)14-21(19,20)10-4-9(15(17)18)8(13)3-7(10)12/h3-6H,2,13H2,1H3,(H,14,16)/t5-,6-/m0/s1. The number of amides is 1. The molecule has 1 aliphatic carbocycles. The number of benzene rings is 1. The third-order valence-corrected chi connectivity index (χ3v) is 5.06. The van der Waals surface area contributed by atoms with Gasteiger partial charge in [-0.3, -0.25) is 14.9 Å². The van der Waals surface area contributed by atoms with Crippen LogP contribution >= 0.6 is 11.6 Å². The number of hydrogen-bond donors (Lipinski definition) is 2. The molecule has 1 fully saturated rings. The van der Waals surface area contributed by atoms with Crippen molar-refractivity contribution in [2.45, 2.75) is 18.2 Å². The van der Waals surface area contributed by atoms with Crippen LogP contribution in [0.2, 0.25) is 5.02 Å². The number of halogens is 1. The van der Waals surface area contributed by atoms with Gasteiger partial charge in [-0.05, 0) is 18.4 Å². The van der Waals surface area contributed by atoms with Crippen LogP contribution in [-0.2, 0) is 14.8 Å². The molecule has 1 amide bonds. The van der Waals surface area contributed by atoms with Crippen LogP contribution in [0.5, 0.6) is 0 Å². The van der Waals surface area contributed by atoms with Gasteiger partial charge in [0.05, 0.1) is 9.95 Å². The molecule has 1 aliphatic rings. The molecule has 0 aliphatic heterocycles. The van der Waals surface area contributed by atoms with Crippen LogP contribution in [0.15, 0.2) is 17.0 Å². The van der Waals surface area contributed by atoms with Gasteiger partial charge < -0.3 is 5.73 Å². The van der Waals surface area contributed by atoms with E-state index in [0.717, 1.165) is 12.1 Å². The van der Waals surface area contributed by atoms with Gasteiger partial charge in [0.25, 0.3) is 15.7 Å². The molecule has 2 rings (SSSR count). The lowest BCUT2D eigenvalue weighted by atomic mass is 10.3. The lowest BCUT2D eigenvalue weighted by molar-refractivity contribution is -0.384. The Kier molecular flexibility index (Phi) is 3.81. The van der Waals surface area contributed by atoms with E-state index < -0.39 is 31.4 Å². The number of nitro groups is 1. The molecule has 3 N–H and O–H groups in total. The van der Waals surface area contributed by atoms with Gasteiger partial charge in [-0.2, -0.15) is 0 Å². The van der Waals surface area contributed by atoms with Gasteiger partial charge in [-0.15, -0.1) is 0 Å². The lowest BCUT2D eigenvalue weighted by Crippen LogP contribution is -2.32. The third-order valence-electron chi connectivity index (χ3n) is 3.25. The van der Waals surface area contributed by atoms with Crippen LogP contribution in [0.4, 0.5) is 11.4 Å². The molecule has 1 aromatic rings. The Balaban J connectivity index is 2.37. The second-order valence-corrected chi connectivity index (χ2v) is 6.95. The van der Waals surface area contributed by atoms with Crippen molar-refractivity contribution in [1.82, 2.24) is 4.72 Å². The Hall–Kier alpha value is -1.87. The minimum atomic E-state index is -4.28. The maximum Gasteiger partial charge on any atom is 0.293 e. The van der Waals surface area contributed by atoms with Gasteiger partial charge in [-0.1, -0.05) is 18.5 Å². The van der Waals surface area contributed by atoms with Crippen molar-refractivity contribution in [3.63, 3.8) is 0 Å². The maximum atomic E-state index is 12.1. The number of nitrogens with two attached hydrogens (primary N) is 1. The molecule has 1 saturated carbocycles. The average Bonchev–Trinajstić information content (AvgIpc) is 3.04. The van der Waals surface area contributed by atoms with E-state index >= 15 is 0 Å². The van der Waals surface area contributed by atoms with Crippen LogP contribution in [0, 0.1) is 22.0 Å². The van der Waals surface area contributed by atoms with E-state index in [9.17, 15) is 23.3 Å². The molecule has 0 unspecified atom stereocenters. The molecule has 8 nitrogen and oxygen atoms in total. The summed E-state index contributed by atoms with van der Waals surface area (Å²) in [6.07, 6.45) is 0.608. The van der Waals surface area contributed by atoms with Crippen molar-refractivity contribution < 1.29 is 18.1 Å². The number of anilines is 1. The van der Waals surface area contributed by atoms with Crippen LogP contribution in [0.1, 0.15) is 13.3 Å². The molecule has 1 aromatic carbocycles. The summed E-state index contributed by atoms with van der Waals surface area (Å²) in [5, 5.41) is 10.5. The maximum absolute atomic E-state index is 12.1. The monoisotopic (exact) mass is 333 g/mol. The molecule has 114 valence electrons. The van der Waals surface area contributed by atoms with Gasteiger partial charge in [0.1, 0.15) is 10.6 Å². The number of sulfonamides is 1. The Morgan fingerprint density at radius 1 is 1.52 bits per heavy atom. The summed E-state index contributed by atoms with van der Waals surface area (Å²) >= 11 is 5.76. The van der Waals surface area contributed by atoms with Gasteiger partial charge >= 0.3 is 0 Å². The second kappa shape index (κ2) is 5.15. The number of rotatable bonds is 4. The first-order chi connectivity index (χ1) is 9.63. The lowest BCUT2D eigenvalue weighted by Gasteiger charge is -2.09. The van der Waals surface area contributed by atoms with Crippen LogP contribution < -0.4 is 10.5 Å². The summed E-state index contributed by atoms with van der Waals surface area (Å²) in [6.45, 7) is 1.82. The van der Waals surface area contributed by atoms with E-state index in [4.69, 9.17) is 17.3 Å². The summed E-state index contributed by atoms with van der Waals surface area (Å²) in [6, 6.07) is 1.71. The minimum Gasteiger partial charge on any atom is -0.393 e. The molecule has 21 heavy (non-hydrogen) atoms. The van der Waals surface area contributed by atoms with Crippen molar-refractivity contribution in [3.8, 4) is 0 Å². The molecule has 0 spiro atoms. The fourth-order valence-electron chi connectivity index (χ4n) is 1.87. The van der Waals surface area contributed by atoms with E-state index in [1.165, 1.54) is 0 Å².